The number of hydroxylamine groups is 1. The summed E-state index contributed by atoms with van der Waals surface area (Å²) in [6.45, 7) is 4.33. The monoisotopic (exact) mass is 631 g/mol. The Morgan fingerprint density at radius 2 is 1.80 bits per heavy atom. The molecular formula is C30H32F3N5O5S. The second-order valence-corrected chi connectivity index (χ2v) is 10.8. The Labute approximate surface area is 256 Å². The minimum absolute atomic E-state index is 0.0398. The third-order valence-electron chi connectivity index (χ3n) is 6.92. The van der Waals surface area contributed by atoms with Gasteiger partial charge in [-0.15, -0.1) is 0 Å². The molecule has 3 aromatic carbocycles. The highest BCUT2D eigenvalue weighted by molar-refractivity contribution is 7.99. The van der Waals surface area contributed by atoms with Crippen LogP contribution in [0.25, 0.3) is 10.9 Å². The van der Waals surface area contributed by atoms with Crippen LogP contribution in [0.15, 0.2) is 70.8 Å². The molecule has 10 nitrogen and oxygen atoms in total. The molecule has 0 bridgehead atoms. The summed E-state index contributed by atoms with van der Waals surface area (Å²) in [4.78, 5) is 12.0. The number of nitrogens with zero attached hydrogens (tertiary/aromatic N) is 4. The number of alkyl halides is 3. The lowest BCUT2D eigenvalue weighted by Gasteiger charge is -2.26. The van der Waals surface area contributed by atoms with E-state index in [-0.39, 0.29) is 18.1 Å². The molecule has 0 spiro atoms. The zero-order valence-corrected chi connectivity index (χ0v) is 25.0. The average molecular weight is 632 g/mol. The SMILES string of the molecule is COc1cc2c(Sc3cccc(NCN(O)c4ccc(OC)c(C(F)(F)F)c4)c3)ncnc2cc1OCCN1CCOCC1. The predicted molar refractivity (Wildman–Crippen MR) is 160 cm³/mol. The van der Waals surface area contributed by atoms with Gasteiger partial charge in [0.1, 0.15) is 30.4 Å². The van der Waals surface area contributed by atoms with Crippen LogP contribution < -0.4 is 24.6 Å². The smallest absolute Gasteiger partial charge is 0.420 e. The molecule has 44 heavy (non-hydrogen) atoms. The van der Waals surface area contributed by atoms with Crippen LogP contribution in [0.2, 0.25) is 0 Å². The molecule has 0 aliphatic carbocycles. The largest absolute Gasteiger partial charge is 0.496 e. The Balaban J connectivity index is 1.26. The quantitative estimate of drug-likeness (QED) is 0.113. The van der Waals surface area contributed by atoms with Crippen molar-refractivity contribution in [1.29, 1.82) is 0 Å². The van der Waals surface area contributed by atoms with E-state index in [2.05, 4.69) is 20.2 Å². The molecule has 1 aliphatic rings. The molecule has 0 radical (unpaired) electrons. The summed E-state index contributed by atoms with van der Waals surface area (Å²) in [5.74, 6) is 0.846. The van der Waals surface area contributed by atoms with Crippen LogP contribution in [0.3, 0.4) is 0 Å². The fourth-order valence-corrected chi connectivity index (χ4v) is 5.55. The van der Waals surface area contributed by atoms with Crippen molar-refractivity contribution in [1.82, 2.24) is 14.9 Å². The number of ether oxygens (including phenoxy) is 4. The standard InChI is InChI=1S/C30H32F3N5O5S/c1-40-26-7-6-21(15-24(26)30(31,32)33)38(39)19-36-20-4-3-5-22(14-20)44-29-23-16-27(41-2)28(17-25(23)34-18-35-29)43-13-10-37-8-11-42-12-9-37/h3-7,14-18,36,39H,8-13,19H2,1-2H3. The Bertz CT molecular complexity index is 1570. The topological polar surface area (TPSA) is 101 Å². The van der Waals surface area contributed by atoms with Gasteiger partial charge in [0.05, 0.1) is 44.2 Å². The van der Waals surface area contributed by atoms with Crippen molar-refractivity contribution in [2.75, 3.05) is 70.7 Å². The average Bonchev–Trinajstić information content (AvgIpc) is 3.03. The number of anilines is 2. The van der Waals surface area contributed by atoms with Gasteiger partial charge >= 0.3 is 6.18 Å². The van der Waals surface area contributed by atoms with E-state index in [1.54, 1.807) is 13.2 Å². The second kappa shape index (κ2) is 14.2. The van der Waals surface area contributed by atoms with Gasteiger partial charge in [-0.05, 0) is 42.5 Å². The molecule has 0 atom stereocenters. The van der Waals surface area contributed by atoms with Crippen molar-refractivity contribution < 1.29 is 37.3 Å². The third kappa shape index (κ3) is 7.75. The van der Waals surface area contributed by atoms with Crippen molar-refractivity contribution in [3.05, 3.63) is 66.5 Å². The van der Waals surface area contributed by atoms with Crippen molar-refractivity contribution in [3.8, 4) is 17.2 Å². The molecule has 1 saturated heterocycles. The Morgan fingerprint density at radius 3 is 2.55 bits per heavy atom. The fourth-order valence-electron chi connectivity index (χ4n) is 4.62. The first-order valence-corrected chi connectivity index (χ1v) is 14.6. The number of nitrogens with one attached hydrogen (secondary N) is 1. The molecule has 0 saturated carbocycles. The van der Waals surface area contributed by atoms with E-state index in [1.165, 1.54) is 30.2 Å². The molecule has 0 amide bonds. The molecule has 4 aromatic rings. The summed E-state index contributed by atoms with van der Waals surface area (Å²) in [5, 5.41) is 15.7. The van der Waals surface area contributed by atoms with Gasteiger partial charge in [0, 0.05) is 41.7 Å². The van der Waals surface area contributed by atoms with Gasteiger partial charge in [0.2, 0.25) is 0 Å². The van der Waals surface area contributed by atoms with Gasteiger partial charge < -0.3 is 24.3 Å². The lowest BCUT2D eigenvalue weighted by atomic mass is 10.1. The van der Waals surface area contributed by atoms with E-state index in [0.717, 1.165) is 56.3 Å². The van der Waals surface area contributed by atoms with Crippen LogP contribution in [-0.4, -0.2) is 80.4 Å². The van der Waals surface area contributed by atoms with Crippen LogP contribution >= 0.6 is 11.8 Å². The van der Waals surface area contributed by atoms with Crippen molar-refractivity contribution in [2.24, 2.45) is 0 Å². The van der Waals surface area contributed by atoms with Crippen LogP contribution in [0.1, 0.15) is 5.56 Å². The summed E-state index contributed by atoms with van der Waals surface area (Å²) < 4.78 is 62.1. The molecule has 5 rings (SSSR count). The lowest BCUT2D eigenvalue weighted by Crippen LogP contribution is -2.38. The molecular weight excluding hydrogens is 599 g/mol. The zero-order valence-electron chi connectivity index (χ0n) is 24.1. The first kappa shape index (κ1) is 31.4. The maximum atomic E-state index is 13.4. The third-order valence-corrected chi connectivity index (χ3v) is 7.93. The first-order valence-electron chi connectivity index (χ1n) is 13.7. The highest BCUT2D eigenvalue weighted by Gasteiger charge is 2.35. The van der Waals surface area contributed by atoms with Gasteiger partial charge in [-0.1, -0.05) is 17.8 Å². The summed E-state index contributed by atoms with van der Waals surface area (Å²) in [6, 6.07) is 14.4. The summed E-state index contributed by atoms with van der Waals surface area (Å²) in [7, 11) is 2.75. The van der Waals surface area contributed by atoms with Gasteiger partial charge in [0.15, 0.2) is 11.5 Å². The number of hydrogen-bond donors (Lipinski definition) is 2. The summed E-state index contributed by atoms with van der Waals surface area (Å²) in [6.07, 6.45) is -3.14. The molecule has 1 aromatic heterocycles. The maximum absolute atomic E-state index is 13.4. The summed E-state index contributed by atoms with van der Waals surface area (Å²) in [5.41, 5.74) is 0.329. The number of halogens is 3. The molecule has 234 valence electrons. The minimum Gasteiger partial charge on any atom is -0.496 e. The number of aromatic nitrogens is 2. The maximum Gasteiger partial charge on any atom is 0.420 e. The number of fused-ring (bicyclic) bond motifs is 1. The van der Waals surface area contributed by atoms with Gasteiger partial charge in [-0.25, -0.2) is 15.0 Å². The van der Waals surface area contributed by atoms with Gasteiger partial charge in [-0.2, -0.15) is 13.2 Å². The Hall–Kier alpha value is -3.98. The molecule has 1 fully saturated rings. The Morgan fingerprint density at radius 1 is 1.00 bits per heavy atom. The van der Waals surface area contributed by atoms with Crippen LogP contribution in [-0.2, 0) is 10.9 Å². The van der Waals surface area contributed by atoms with E-state index in [1.807, 2.05) is 30.3 Å². The Kier molecular flexibility index (Phi) is 10.1. The van der Waals surface area contributed by atoms with Crippen molar-refractivity contribution >= 4 is 34.0 Å². The van der Waals surface area contributed by atoms with Gasteiger partial charge in [-0.3, -0.25) is 10.1 Å². The van der Waals surface area contributed by atoms with Gasteiger partial charge in [0.25, 0.3) is 0 Å². The van der Waals surface area contributed by atoms with Crippen molar-refractivity contribution in [3.63, 3.8) is 0 Å². The molecule has 2 N–H and O–H groups in total. The predicted octanol–water partition coefficient (Wildman–Crippen LogP) is 5.79. The molecule has 0 unspecified atom stereocenters. The van der Waals surface area contributed by atoms with E-state index in [4.69, 9.17) is 18.9 Å². The van der Waals surface area contributed by atoms with Crippen molar-refractivity contribution in [2.45, 2.75) is 16.1 Å². The normalized spacial score (nSPS) is 14.0. The molecule has 14 heteroatoms. The van der Waals surface area contributed by atoms with E-state index in [0.29, 0.717) is 39.4 Å². The second-order valence-electron chi connectivity index (χ2n) is 9.75. The molecule has 2 heterocycles. The summed E-state index contributed by atoms with van der Waals surface area (Å²) >= 11 is 1.41. The minimum atomic E-state index is -4.63. The first-order chi connectivity index (χ1) is 21.2. The number of morpholine rings is 1. The number of hydrogen-bond acceptors (Lipinski definition) is 11. The highest BCUT2D eigenvalue weighted by atomic mass is 32.2. The van der Waals surface area contributed by atoms with E-state index in [9.17, 15) is 18.4 Å². The van der Waals surface area contributed by atoms with E-state index >= 15 is 0 Å². The van der Waals surface area contributed by atoms with Crippen LogP contribution in [0, 0.1) is 0 Å². The lowest BCUT2D eigenvalue weighted by molar-refractivity contribution is -0.138. The molecule has 1 aliphatic heterocycles. The van der Waals surface area contributed by atoms with Crippen LogP contribution in [0.4, 0.5) is 24.5 Å². The highest BCUT2D eigenvalue weighted by Crippen LogP contribution is 2.39. The number of benzene rings is 3. The number of rotatable bonds is 12. The number of methoxy groups -OCH3 is 2. The van der Waals surface area contributed by atoms with E-state index < -0.39 is 11.7 Å². The fraction of sp³-hybridized carbons (Fsp3) is 0.333. The zero-order chi connectivity index (χ0) is 31.1. The van der Waals surface area contributed by atoms with Crippen LogP contribution in [0.5, 0.6) is 17.2 Å².